The molecule has 9 nitrogen and oxygen atoms in total. The van der Waals surface area contributed by atoms with E-state index in [-0.39, 0.29) is 39.9 Å². The quantitative estimate of drug-likeness (QED) is 0.166. The minimum absolute atomic E-state index is 0.0128. The van der Waals surface area contributed by atoms with Crippen LogP contribution in [-0.2, 0) is 31.7 Å². The van der Waals surface area contributed by atoms with Crippen LogP contribution in [0.3, 0.4) is 0 Å². The van der Waals surface area contributed by atoms with Crippen molar-refractivity contribution in [3.63, 3.8) is 0 Å². The van der Waals surface area contributed by atoms with E-state index in [2.05, 4.69) is 16.0 Å². The first-order chi connectivity index (χ1) is 23.5. The molecule has 0 fully saturated rings. The molecule has 0 bridgehead atoms. The number of aryl methyl sites for hydroxylation is 2. The number of fused-ring (bicyclic) bond motifs is 2. The molecule has 2 heterocycles. The number of nitrogens with zero attached hydrogens (tertiary/aromatic N) is 2. The molecule has 2 atom stereocenters. The fourth-order valence-corrected chi connectivity index (χ4v) is 6.85. The van der Waals surface area contributed by atoms with Crippen molar-refractivity contribution in [2.24, 2.45) is 25.2 Å². The molecule has 0 aliphatic heterocycles. The summed E-state index contributed by atoms with van der Waals surface area (Å²) >= 11 is 11.5. The van der Waals surface area contributed by atoms with E-state index in [1.807, 2.05) is 47.3 Å². The molecule has 2 unspecified atom stereocenters. The number of rotatable bonds is 5. The third-order valence-electron chi connectivity index (χ3n) is 9.05. The number of nitrogens with one attached hydrogen (secondary N) is 3. The average molecular weight is 728 g/mol. The maximum Gasteiger partial charge on any atom is 0.272 e. The fourth-order valence-electron chi connectivity index (χ4n) is 6.49. The highest BCUT2D eigenvalue weighted by Gasteiger charge is 2.32. The summed E-state index contributed by atoms with van der Waals surface area (Å²) in [7, 11) is 3.64. The summed E-state index contributed by atoms with van der Waals surface area (Å²) in [5.41, 5.74) is 11.6. The maximum absolute atomic E-state index is 13.3. The molecule has 0 spiro atoms. The zero-order valence-corrected chi connectivity index (χ0v) is 30.2. The molecule has 2 aliphatic rings. The van der Waals surface area contributed by atoms with Gasteiger partial charge in [-0.25, -0.2) is 8.78 Å². The second-order valence-corrected chi connectivity index (χ2v) is 14.7. The summed E-state index contributed by atoms with van der Waals surface area (Å²) in [4.78, 5) is 37.9. The Kier molecular flexibility index (Phi) is 11.1. The minimum Gasteiger partial charge on any atom is -0.349 e. The smallest absolute Gasteiger partial charge is 0.272 e. The summed E-state index contributed by atoms with van der Waals surface area (Å²) in [6.07, 6.45) is 9.08. The second kappa shape index (κ2) is 15.0. The van der Waals surface area contributed by atoms with Gasteiger partial charge in [0.25, 0.3) is 11.8 Å². The maximum atomic E-state index is 13.3. The van der Waals surface area contributed by atoms with E-state index in [4.69, 9.17) is 28.9 Å². The average Bonchev–Trinajstić information content (AvgIpc) is 3.57. The number of carbonyl (C=O) groups excluding carboxylic acids is 3. The van der Waals surface area contributed by atoms with Gasteiger partial charge in [0.1, 0.15) is 23.0 Å². The Morgan fingerprint density at radius 1 is 0.780 bits per heavy atom. The van der Waals surface area contributed by atoms with Crippen LogP contribution in [0.5, 0.6) is 0 Å². The number of halogens is 4. The number of hydrogen-bond acceptors (Lipinski definition) is 4. The molecule has 5 N–H and O–H groups in total. The highest BCUT2D eigenvalue weighted by molar-refractivity contribution is 6.31. The third-order valence-corrected chi connectivity index (χ3v) is 9.63. The number of anilines is 2. The predicted octanol–water partition coefficient (Wildman–Crippen LogP) is 8.02. The molecule has 2 aliphatic carbocycles. The van der Waals surface area contributed by atoms with Crippen LogP contribution in [0.1, 0.15) is 102 Å². The summed E-state index contributed by atoms with van der Waals surface area (Å²) in [6, 6.07) is 8.07. The number of amides is 3. The lowest BCUT2D eigenvalue weighted by molar-refractivity contribution is -0.129. The molecule has 2 aromatic carbocycles. The van der Waals surface area contributed by atoms with E-state index in [1.165, 1.54) is 36.4 Å². The fraction of sp³-hybridized carbons (Fsp3) is 0.378. The van der Waals surface area contributed by atoms with Gasteiger partial charge in [0.2, 0.25) is 5.91 Å². The predicted molar refractivity (Wildman–Crippen MR) is 193 cm³/mol. The van der Waals surface area contributed by atoms with Crippen LogP contribution >= 0.6 is 23.2 Å². The Hall–Kier alpha value is -4.19. The Bertz CT molecular complexity index is 1950. The van der Waals surface area contributed by atoms with Gasteiger partial charge in [-0.05, 0) is 97.2 Å². The topological polar surface area (TPSA) is 123 Å². The van der Waals surface area contributed by atoms with Crippen molar-refractivity contribution in [1.29, 1.82) is 0 Å². The molecule has 266 valence electrons. The van der Waals surface area contributed by atoms with Crippen molar-refractivity contribution in [2.75, 3.05) is 10.6 Å². The van der Waals surface area contributed by atoms with Gasteiger partial charge in [-0.3, -0.25) is 14.4 Å². The van der Waals surface area contributed by atoms with Gasteiger partial charge in [-0.2, -0.15) is 0 Å². The molecule has 4 aromatic rings. The standard InChI is InChI=1S/C21H25ClFN3O2.C16H17ClFN3O/c1-21(2,3)20(28)25-17-7-5-6-13-14(17)11-26(4)18(13)19(27)24-12-8-9-16(23)15(22)10-12;1-21-8-11-10(3-2-4-14(11)19)15(21)16(22)20-9-5-6-13(18)12(17)7-9/h8-11,17H,5-7H2,1-4H3,(H,24,27)(H,25,28);5-8,14H,2-4,19H2,1H3,(H,20,22). The molecule has 0 saturated heterocycles. The number of hydrogen-bond donors (Lipinski definition) is 4. The summed E-state index contributed by atoms with van der Waals surface area (Å²) in [5, 5.41) is 8.60. The van der Waals surface area contributed by atoms with E-state index < -0.39 is 17.0 Å². The molecule has 0 radical (unpaired) electrons. The second-order valence-electron chi connectivity index (χ2n) is 13.9. The molecule has 2 aromatic heterocycles. The summed E-state index contributed by atoms with van der Waals surface area (Å²) in [6.45, 7) is 5.64. The normalized spacial score (nSPS) is 16.8. The highest BCUT2D eigenvalue weighted by Crippen LogP contribution is 2.35. The Morgan fingerprint density at radius 3 is 1.72 bits per heavy atom. The zero-order chi connectivity index (χ0) is 36.5. The van der Waals surface area contributed by atoms with Gasteiger partial charge >= 0.3 is 0 Å². The zero-order valence-electron chi connectivity index (χ0n) is 28.7. The number of aromatic nitrogens is 2. The van der Waals surface area contributed by atoms with Crippen LogP contribution in [0.2, 0.25) is 10.0 Å². The lowest BCUT2D eigenvalue weighted by Crippen LogP contribution is -2.38. The van der Waals surface area contributed by atoms with Gasteiger partial charge in [0.15, 0.2) is 0 Å². The molecule has 50 heavy (non-hydrogen) atoms. The van der Waals surface area contributed by atoms with E-state index in [9.17, 15) is 23.2 Å². The van der Waals surface area contributed by atoms with Crippen molar-refractivity contribution in [3.8, 4) is 0 Å². The van der Waals surface area contributed by atoms with Gasteiger partial charge < -0.3 is 30.8 Å². The highest BCUT2D eigenvalue weighted by atomic mass is 35.5. The SMILES string of the molecule is Cn1cc2c(c1C(=O)Nc1ccc(F)c(Cl)c1)CCCC2N.Cn1cc2c(c1C(=O)Nc1ccc(F)c(Cl)c1)CCCC2NC(=O)C(C)(C)C. The van der Waals surface area contributed by atoms with Crippen LogP contribution in [0, 0.1) is 17.0 Å². The van der Waals surface area contributed by atoms with Crippen molar-refractivity contribution < 1.29 is 23.2 Å². The van der Waals surface area contributed by atoms with Crippen LogP contribution < -0.4 is 21.7 Å². The van der Waals surface area contributed by atoms with Gasteiger partial charge in [0.05, 0.1) is 16.1 Å². The van der Waals surface area contributed by atoms with Crippen LogP contribution in [0.4, 0.5) is 20.2 Å². The lowest BCUT2D eigenvalue weighted by atomic mass is 9.87. The number of nitrogens with two attached hydrogens (primary N) is 1. The lowest BCUT2D eigenvalue weighted by Gasteiger charge is -2.27. The monoisotopic (exact) mass is 726 g/mol. The van der Waals surface area contributed by atoms with E-state index >= 15 is 0 Å². The molecule has 13 heteroatoms. The molecule has 6 rings (SSSR count). The largest absolute Gasteiger partial charge is 0.349 e. The molecule has 0 saturated carbocycles. The van der Waals surface area contributed by atoms with Crippen molar-refractivity contribution in [1.82, 2.24) is 14.5 Å². The van der Waals surface area contributed by atoms with Crippen LogP contribution in [0.15, 0.2) is 48.8 Å². The molecule has 3 amide bonds. The summed E-state index contributed by atoms with van der Waals surface area (Å²) in [5.74, 6) is -1.58. The minimum atomic E-state index is -0.534. The first-order valence-corrected chi connectivity index (χ1v) is 17.3. The Labute approximate surface area is 300 Å². The molecular weight excluding hydrogens is 685 g/mol. The van der Waals surface area contributed by atoms with Crippen molar-refractivity contribution in [2.45, 2.75) is 71.4 Å². The van der Waals surface area contributed by atoms with E-state index in [0.717, 1.165) is 60.8 Å². The van der Waals surface area contributed by atoms with Crippen molar-refractivity contribution in [3.05, 3.63) is 104 Å². The van der Waals surface area contributed by atoms with Crippen molar-refractivity contribution >= 4 is 52.3 Å². The first-order valence-electron chi connectivity index (χ1n) is 16.5. The number of benzene rings is 2. The molecular formula is C37H42Cl2F2N6O3. The Balaban J connectivity index is 0.000000200. The third kappa shape index (κ3) is 8.06. The van der Waals surface area contributed by atoms with Gasteiger partial charge in [-0.1, -0.05) is 44.0 Å². The van der Waals surface area contributed by atoms with Gasteiger partial charge in [-0.15, -0.1) is 0 Å². The number of carbonyl (C=O) groups is 3. The summed E-state index contributed by atoms with van der Waals surface area (Å²) < 4.78 is 30.1. The van der Waals surface area contributed by atoms with Gasteiger partial charge in [0, 0.05) is 49.3 Å². The Morgan fingerprint density at radius 2 is 1.24 bits per heavy atom. The van der Waals surface area contributed by atoms with E-state index in [1.54, 1.807) is 9.13 Å². The van der Waals surface area contributed by atoms with E-state index in [0.29, 0.717) is 22.8 Å². The van der Waals surface area contributed by atoms with Crippen LogP contribution in [-0.4, -0.2) is 26.9 Å². The van der Waals surface area contributed by atoms with Crippen LogP contribution in [0.25, 0.3) is 0 Å². The first kappa shape index (κ1) is 37.1.